The van der Waals surface area contributed by atoms with Crippen LogP contribution in [0, 0.1) is 6.92 Å². The highest BCUT2D eigenvalue weighted by molar-refractivity contribution is 5.85. The SMILES string of the molecule is Cc1ncc(C(C)C)c(N2CCC3(CC2)OCCc2c3[nH]c3ccccc23)n1. The highest BCUT2D eigenvalue weighted by Crippen LogP contribution is 2.44. The average Bonchev–Trinajstić information content (AvgIpc) is 3.09. The van der Waals surface area contributed by atoms with Crippen LogP contribution in [0.25, 0.3) is 10.9 Å². The minimum atomic E-state index is -0.191. The highest BCUT2D eigenvalue weighted by Gasteiger charge is 2.43. The van der Waals surface area contributed by atoms with Gasteiger partial charge in [-0.05, 0) is 43.7 Å². The maximum Gasteiger partial charge on any atom is 0.135 e. The molecule has 5 rings (SSSR count). The molecule has 3 aromatic rings. The number of para-hydroxylation sites is 1. The molecule has 146 valence electrons. The van der Waals surface area contributed by atoms with Gasteiger partial charge in [0.1, 0.15) is 17.2 Å². The number of aryl methyl sites for hydroxylation is 1. The Labute approximate surface area is 166 Å². The third kappa shape index (κ3) is 2.72. The molecule has 4 heterocycles. The van der Waals surface area contributed by atoms with Crippen LogP contribution in [0.2, 0.25) is 0 Å². The standard InChI is InChI=1S/C23H28N4O/c1-15(2)19-14-24-16(3)25-22(19)27-11-9-23(10-12-27)21-18(8-13-28-23)17-6-4-5-7-20(17)26-21/h4-7,14-15,26H,8-13H2,1-3H3. The van der Waals surface area contributed by atoms with Crippen LogP contribution < -0.4 is 4.90 Å². The number of aromatic nitrogens is 3. The third-order valence-electron chi connectivity index (χ3n) is 6.41. The van der Waals surface area contributed by atoms with Crippen LogP contribution in [0.4, 0.5) is 5.82 Å². The zero-order valence-corrected chi connectivity index (χ0v) is 17.0. The van der Waals surface area contributed by atoms with Gasteiger partial charge in [0.2, 0.25) is 0 Å². The number of benzene rings is 1. The molecule has 0 aliphatic carbocycles. The predicted molar refractivity (Wildman–Crippen MR) is 112 cm³/mol. The van der Waals surface area contributed by atoms with Gasteiger partial charge in [-0.2, -0.15) is 0 Å². The molecule has 0 saturated carbocycles. The first-order valence-electron chi connectivity index (χ1n) is 10.4. The summed E-state index contributed by atoms with van der Waals surface area (Å²) in [6.07, 6.45) is 4.95. The summed E-state index contributed by atoms with van der Waals surface area (Å²) >= 11 is 0. The zero-order chi connectivity index (χ0) is 19.3. The van der Waals surface area contributed by atoms with Crippen molar-refractivity contribution in [2.45, 2.75) is 51.6 Å². The molecule has 0 unspecified atom stereocenters. The summed E-state index contributed by atoms with van der Waals surface area (Å²) in [5, 5.41) is 1.36. The maximum atomic E-state index is 6.46. The van der Waals surface area contributed by atoms with E-state index in [-0.39, 0.29) is 5.60 Å². The van der Waals surface area contributed by atoms with Crippen molar-refractivity contribution in [1.82, 2.24) is 15.0 Å². The van der Waals surface area contributed by atoms with E-state index in [1.807, 2.05) is 13.1 Å². The van der Waals surface area contributed by atoms with Crippen molar-refractivity contribution in [3.8, 4) is 0 Å². The number of anilines is 1. The van der Waals surface area contributed by atoms with Crippen molar-refractivity contribution < 1.29 is 4.74 Å². The van der Waals surface area contributed by atoms with Gasteiger partial charge in [-0.1, -0.05) is 32.0 Å². The van der Waals surface area contributed by atoms with Crippen molar-refractivity contribution in [3.63, 3.8) is 0 Å². The smallest absolute Gasteiger partial charge is 0.135 e. The van der Waals surface area contributed by atoms with Gasteiger partial charge in [-0.3, -0.25) is 0 Å². The van der Waals surface area contributed by atoms with Gasteiger partial charge in [-0.25, -0.2) is 9.97 Å². The van der Waals surface area contributed by atoms with Gasteiger partial charge < -0.3 is 14.6 Å². The fraction of sp³-hybridized carbons (Fsp3) is 0.478. The average molecular weight is 377 g/mol. The Morgan fingerprint density at radius 3 is 2.75 bits per heavy atom. The Bertz CT molecular complexity index is 1010. The highest BCUT2D eigenvalue weighted by atomic mass is 16.5. The summed E-state index contributed by atoms with van der Waals surface area (Å²) in [5.41, 5.74) is 5.03. The van der Waals surface area contributed by atoms with Gasteiger partial charge in [0.05, 0.1) is 12.3 Å². The van der Waals surface area contributed by atoms with E-state index in [0.29, 0.717) is 5.92 Å². The summed E-state index contributed by atoms with van der Waals surface area (Å²) in [6.45, 7) is 9.10. The molecular formula is C23H28N4O. The van der Waals surface area contributed by atoms with E-state index in [0.717, 1.165) is 50.6 Å². The van der Waals surface area contributed by atoms with Crippen LogP contribution >= 0.6 is 0 Å². The Morgan fingerprint density at radius 2 is 1.96 bits per heavy atom. The van der Waals surface area contributed by atoms with E-state index in [1.54, 1.807) is 0 Å². The van der Waals surface area contributed by atoms with Gasteiger partial charge in [0.15, 0.2) is 0 Å². The Balaban J connectivity index is 1.47. The van der Waals surface area contributed by atoms with E-state index in [2.05, 4.69) is 53.0 Å². The normalized spacial score (nSPS) is 18.8. The van der Waals surface area contributed by atoms with E-state index >= 15 is 0 Å². The van der Waals surface area contributed by atoms with Gasteiger partial charge in [-0.15, -0.1) is 0 Å². The number of nitrogens with zero attached hydrogens (tertiary/aromatic N) is 3. The summed E-state index contributed by atoms with van der Waals surface area (Å²) in [7, 11) is 0. The fourth-order valence-corrected chi connectivity index (χ4v) is 4.87. The van der Waals surface area contributed by atoms with Gasteiger partial charge in [0, 0.05) is 35.8 Å². The largest absolute Gasteiger partial charge is 0.368 e. The molecule has 0 bridgehead atoms. The second-order valence-electron chi connectivity index (χ2n) is 8.45. The molecule has 5 heteroatoms. The molecule has 0 radical (unpaired) electrons. The lowest BCUT2D eigenvalue weighted by molar-refractivity contribution is -0.0791. The molecule has 2 aromatic heterocycles. The lowest BCUT2D eigenvalue weighted by atomic mass is 9.83. The van der Waals surface area contributed by atoms with Crippen LogP contribution in [-0.2, 0) is 16.8 Å². The number of H-pyrrole nitrogens is 1. The molecule has 1 N–H and O–H groups in total. The molecule has 0 atom stereocenters. The monoisotopic (exact) mass is 376 g/mol. The Kier molecular flexibility index (Phi) is 4.16. The molecule has 1 spiro atoms. The topological polar surface area (TPSA) is 54.0 Å². The quantitative estimate of drug-likeness (QED) is 0.717. The minimum absolute atomic E-state index is 0.191. The number of piperidine rings is 1. The summed E-state index contributed by atoms with van der Waals surface area (Å²) in [6, 6.07) is 8.64. The molecule has 5 nitrogen and oxygen atoms in total. The Morgan fingerprint density at radius 1 is 1.18 bits per heavy atom. The van der Waals surface area contributed by atoms with E-state index < -0.39 is 0 Å². The molecule has 0 amide bonds. The second kappa shape index (κ2) is 6.59. The van der Waals surface area contributed by atoms with E-state index in [9.17, 15) is 0 Å². The number of nitrogens with one attached hydrogen (secondary N) is 1. The van der Waals surface area contributed by atoms with Crippen LogP contribution in [0.5, 0.6) is 0 Å². The molecule has 2 aliphatic rings. The molecule has 1 aromatic carbocycles. The zero-order valence-electron chi connectivity index (χ0n) is 17.0. The molecule has 1 fully saturated rings. The van der Waals surface area contributed by atoms with Crippen molar-refractivity contribution >= 4 is 16.7 Å². The summed E-state index contributed by atoms with van der Waals surface area (Å²) in [4.78, 5) is 15.3. The first-order valence-corrected chi connectivity index (χ1v) is 10.4. The lowest BCUT2D eigenvalue weighted by Crippen LogP contribution is -2.47. The van der Waals surface area contributed by atoms with Crippen LogP contribution in [0.15, 0.2) is 30.5 Å². The minimum Gasteiger partial charge on any atom is -0.368 e. The van der Waals surface area contributed by atoms with E-state index in [1.165, 1.54) is 27.7 Å². The number of hydrogen-bond acceptors (Lipinski definition) is 4. The first-order chi connectivity index (χ1) is 13.6. The number of hydrogen-bond donors (Lipinski definition) is 1. The van der Waals surface area contributed by atoms with Crippen molar-refractivity contribution in [2.75, 3.05) is 24.6 Å². The number of rotatable bonds is 2. The van der Waals surface area contributed by atoms with Crippen molar-refractivity contribution in [3.05, 3.63) is 53.1 Å². The van der Waals surface area contributed by atoms with Crippen molar-refractivity contribution in [1.29, 1.82) is 0 Å². The summed E-state index contributed by atoms with van der Waals surface area (Å²) < 4.78 is 6.46. The molecule has 1 saturated heterocycles. The molecule has 28 heavy (non-hydrogen) atoms. The molecule has 2 aliphatic heterocycles. The van der Waals surface area contributed by atoms with Crippen LogP contribution in [-0.4, -0.2) is 34.6 Å². The predicted octanol–water partition coefficient (Wildman–Crippen LogP) is 4.46. The van der Waals surface area contributed by atoms with Crippen LogP contribution in [0.3, 0.4) is 0 Å². The maximum absolute atomic E-state index is 6.46. The summed E-state index contributed by atoms with van der Waals surface area (Å²) in [5.74, 6) is 2.36. The first kappa shape index (κ1) is 17.7. The van der Waals surface area contributed by atoms with E-state index in [4.69, 9.17) is 9.72 Å². The Hall–Kier alpha value is -2.40. The van der Waals surface area contributed by atoms with Crippen LogP contribution in [0.1, 0.15) is 55.3 Å². The lowest BCUT2D eigenvalue weighted by Gasteiger charge is -2.44. The number of aromatic amines is 1. The van der Waals surface area contributed by atoms with Gasteiger partial charge in [0.25, 0.3) is 0 Å². The molecular weight excluding hydrogens is 348 g/mol. The fourth-order valence-electron chi connectivity index (χ4n) is 4.87. The second-order valence-corrected chi connectivity index (χ2v) is 8.45. The van der Waals surface area contributed by atoms with Crippen molar-refractivity contribution in [2.24, 2.45) is 0 Å². The number of fused-ring (bicyclic) bond motifs is 4. The number of ether oxygens (including phenoxy) is 1. The van der Waals surface area contributed by atoms with Gasteiger partial charge >= 0.3 is 0 Å². The third-order valence-corrected chi connectivity index (χ3v) is 6.41.